The van der Waals surface area contributed by atoms with Crippen molar-refractivity contribution in [3.05, 3.63) is 53.1 Å². The van der Waals surface area contributed by atoms with Crippen LogP contribution in [0.5, 0.6) is 11.5 Å². The number of carbonyl (C=O) groups is 4. The van der Waals surface area contributed by atoms with Gasteiger partial charge in [-0.3, -0.25) is 14.5 Å². The van der Waals surface area contributed by atoms with Crippen LogP contribution in [-0.4, -0.2) is 43.0 Å². The van der Waals surface area contributed by atoms with Gasteiger partial charge < -0.3 is 23.9 Å². The molecule has 2 aromatic rings. The highest BCUT2D eigenvalue weighted by atomic mass is 16.6. The monoisotopic (exact) mass is 414 g/mol. The highest BCUT2D eigenvalue weighted by molar-refractivity contribution is 6.14. The van der Waals surface area contributed by atoms with Gasteiger partial charge in [0.25, 0.3) is 5.91 Å². The molecule has 0 saturated carbocycles. The summed E-state index contributed by atoms with van der Waals surface area (Å²) in [4.78, 5) is 48.8. The molecular weight excluding hydrogens is 396 g/mol. The van der Waals surface area contributed by atoms with Crippen LogP contribution >= 0.6 is 0 Å². The SMILES string of the molecule is COC(=O)c1ccc(CN2C(=O)N/C(=C\c3cccc(OC)c3OC(C)=O)C2=O)o1. The number of urea groups is 1. The van der Waals surface area contributed by atoms with E-state index in [-0.39, 0.29) is 29.5 Å². The van der Waals surface area contributed by atoms with E-state index in [4.69, 9.17) is 13.9 Å². The van der Waals surface area contributed by atoms with Crippen LogP contribution in [0.15, 0.2) is 40.4 Å². The molecule has 10 nitrogen and oxygen atoms in total. The average Bonchev–Trinajstić information content (AvgIpc) is 3.29. The summed E-state index contributed by atoms with van der Waals surface area (Å²) in [5.41, 5.74) is 0.336. The number of ether oxygens (including phenoxy) is 3. The van der Waals surface area contributed by atoms with E-state index in [1.807, 2.05) is 0 Å². The number of methoxy groups -OCH3 is 2. The van der Waals surface area contributed by atoms with Crippen LogP contribution in [0.4, 0.5) is 4.79 Å². The predicted octanol–water partition coefficient (Wildman–Crippen LogP) is 2.09. The first-order chi connectivity index (χ1) is 14.3. The summed E-state index contributed by atoms with van der Waals surface area (Å²) in [6.45, 7) is 1.05. The molecule has 2 heterocycles. The first kappa shape index (κ1) is 20.6. The van der Waals surface area contributed by atoms with Gasteiger partial charge >= 0.3 is 18.0 Å². The number of esters is 2. The van der Waals surface area contributed by atoms with Crippen LogP contribution in [0, 0.1) is 0 Å². The van der Waals surface area contributed by atoms with E-state index in [1.165, 1.54) is 39.4 Å². The standard InChI is InChI=1S/C20H18N2O8/c1-11(23)29-17-12(5-4-6-15(17)27-2)9-14-18(24)22(20(26)21-14)10-13-7-8-16(30-13)19(25)28-3/h4-9H,10H2,1-3H3,(H,21,26)/b14-9-. The smallest absolute Gasteiger partial charge is 0.373 e. The number of hydrogen-bond donors (Lipinski definition) is 1. The van der Waals surface area contributed by atoms with E-state index < -0.39 is 23.9 Å². The molecule has 30 heavy (non-hydrogen) atoms. The Morgan fingerprint density at radius 3 is 2.60 bits per heavy atom. The molecule has 0 bridgehead atoms. The highest BCUT2D eigenvalue weighted by Gasteiger charge is 2.34. The average molecular weight is 414 g/mol. The van der Waals surface area contributed by atoms with Crippen LogP contribution in [0.2, 0.25) is 0 Å². The fraction of sp³-hybridized carbons (Fsp3) is 0.200. The number of benzene rings is 1. The number of para-hydroxylation sites is 1. The van der Waals surface area contributed by atoms with Gasteiger partial charge in [-0.15, -0.1) is 0 Å². The Morgan fingerprint density at radius 1 is 1.17 bits per heavy atom. The number of imide groups is 1. The van der Waals surface area contributed by atoms with E-state index in [2.05, 4.69) is 10.1 Å². The summed E-state index contributed by atoms with van der Waals surface area (Å²) < 4.78 is 20.2. The molecule has 0 spiro atoms. The maximum Gasteiger partial charge on any atom is 0.373 e. The van der Waals surface area contributed by atoms with Crippen molar-refractivity contribution in [3.8, 4) is 11.5 Å². The molecule has 3 rings (SSSR count). The molecule has 0 radical (unpaired) electrons. The Labute approximate surface area is 171 Å². The van der Waals surface area contributed by atoms with Crippen molar-refractivity contribution in [3.63, 3.8) is 0 Å². The predicted molar refractivity (Wildman–Crippen MR) is 101 cm³/mol. The molecule has 1 aromatic carbocycles. The Bertz CT molecular complexity index is 1050. The molecule has 0 unspecified atom stereocenters. The molecule has 0 aliphatic carbocycles. The fourth-order valence-electron chi connectivity index (χ4n) is 2.76. The molecule has 1 fully saturated rings. The van der Waals surface area contributed by atoms with Crippen molar-refractivity contribution in [2.24, 2.45) is 0 Å². The van der Waals surface area contributed by atoms with Gasteiger partial charge in [-0.1, -0.05) is 12.1 Å². The molecular formula is C20H18N2O8. The second kappa shape index (κ2) is 8.52. The van der Waals surface area contributed by atoms with Gasteiger partial charge in [0.05, 0.1) is 20.8 Å². The fourth-order valence-corrected chi connectivity index (χ4v) is 2.76. The van der Waals surface area contributed by atoms with Crippen LogP contribution < -0.4 is 14.8 Å². The van der Waals surface area contributed by atoms with Crippen molar-refractivity contribution >= 4 is 30.0 Å². The Morgan fingerprint density at radius 2 is 1.93 bits per heavy atom. The Kier molecular flexibility index (Phi) is 5.86. The molecule has 1 saturated heterocycles. The van der Waals surface area contributed by atoms with Crippen molar-refractivity contribution in [2.75, 3.05) is 14.2 Å². The molecule has 156 valence electrons. The maximum absolute atomic E-state index is 12.7. The van der Waals surface area contributed by atoms with E-state index in [1.54, 1.807) is 18.2 Å². The van der Waals surface area contributed by atoms with Crippen LogP contribution in [0.1, 0.15) is 28.8 Å². The van der Waals surface area contributed by atoms with Crippen LogP contribution in [0.3, 0.4) is 0 Å². The topological polar surface area (TPSA) is 124 Å². The highest BCUT2D eigenvalue weighted by Crippen LogP contribution is 2.33. The zero-order valence-electron chi connectivity index (χ0n) is 16.4. The first-order valence-corrected chi connectivity index (χ1v) is 8.71. The summed E-state index contributed by atoms with van der Waals surface area (Å²) in [5.74, 6) is -1.27. The van der Waals surface area contributed by atoms with Gasteiger partial charge in [0.2, 0.25) is 5.76 Å². The third kappa shape index (κ3) is 4.17. The molecule has 3 amide bonds. The normalized spacial score (nSPS) is 14.6. The van der Waals surface area contributed by atoms with Gasteiger partial charge in [0.1, 0.15) is 11.5 Å². The molecule has 1 aliphatic rings. The van der Waals surface area contributed by atoms with E-state index in [0.29, 0.717) is 11.3 Å². The molecule has 10 heteroatoms. The third-order valence-electron chi connectivity index (χ3n) is 4.10. The number of rotatable bonds is 6. The number of amides is 3. The van der Waals surface area contributed by atoms with E-state index >= 15 is 0 Å². The molecule has 1 N–H and O–H groups in total. The molecule has 0 atom stereocenters. The van der Waals surface area contributed by atoms with Gasteiger partial charge in [-0.25, -0.2) is 9.59 Å². The minimum atomic E-state index is -0.671. The number of carbonyl (C=O) groups excluding carboxylic acids is 4. The van der Waals surface area contributed by atoms with Gasteiger partial charge in [0, 0.05) is 12.5 Å². The summed E-state index contributed by atoms with van der Waals surface area (Å²) >= 11 is 0. The van der Waals surface area contributed by atoms with Gasteiger partial charge in [0.15, 0.2) is 11.5 Å². The third-order valence-corrected chi connectivity index (χ3v) is 4.10. The Hall–Kier alpha value is -4.08. The zero-order chi connectivity index (χ0) is 21.8. The molecule has 1 aromatic heterocycles. The lowest BCUT2D eigenvalue weighted by molar-refractivity contribution is -0.132. The maximum atomic E-state index is 12.7. The second-order valence-electron chi connectivity index (χ2n) is 6.11. The summed E-state index contributed by atoms with van der Waals surface area (Å²) in [6, 6.07) is 7.03. The summed E-state index contributed by atoms with van der Waals surface area (Å²) in [6.07, 6.45) is 1.38. The zero-order valence-corrected chi connectivity index (χ0v) is 16.4. The van der Waals surface area contributed by atoms with Crippen LogP contribution in [-0.2, 0) is 20.9 Å². The lowest BCUT2D eigenvalue weighted by atomic mass is 10.1. The van der Waals surface area contributed by atoms with E-state index in [9.17, 15) is 19.2 Å². The van der Waals surface area contributed by atoms with E-state index in [0.717, 1.165) is 4.90 Å². The number of hydrogen-bond acceptors (Lipinski definition) is 8. The number of furan rings is 1. The quantitative estimate of drug-likeness (QED) is 0.330. The van der Waals surface area contributed by atoms with Crippen molar-refractivity contribution in [1.82, 2.24) is 10.2 Å². The first-order valence-electron chi connectivity index (χ1n) is 8.71. The largest absolute Gasteiger partial charge is 0.493 e. The van der Waals surface area contributed by atoms with Gasteiger partial charge in [-0.2, -0.15) is 0 Å². The number of nitrogens with one attached hydrogen (secondary N) is 1. The Balaban J connectivity index is 1.86. The van der Waals surface area contributed by atoms with Crippen molar-refractivity contribution < 1.29 is 37.8 Å². The summed E-state index contributed by atoms with van der Waals surface area (Å²) in [7, 11) is 2.62. The van der Waals surface area contributed by atoms with Crippen molar-refractivity contribution in [1.29, 1.82) is 0 Å². The van der Waals surface area contributed by atoms with Crippen LogP contribution in [0.25, 0.3) is 6.08 Å². The second-order valence-corrected chi connectivity index (χ2v) is 6.11. The minimum Gasteiger partial charge on any atom is -0.493 e. The summed E-state index contributed by atoms with van der Waals surface area (Å²) in [5, 5.41) is 2.47. The van der Waals surface area contributed by atoms with Crippen molar-refractivity contribution in [2.45, 2.75) is 13.5 Å². The molecule has 1 aliphatic heterocycles. The van der Waals surface area contributed by atoms with Gasteiger partial charge in [-0.05, 0) is 24.3 Å². The lowest BCUT2D eigenvalue weighted by Crippen LogP contribution is -2.30. The number of nitrogens with zero attached hydrogens (tertiary/aromatic N) is 1. The minimum absolute atomic E-state index is 0.0265. The lowest BCUT2D eigenvalue weighted by Gasteiger charge is -2.11.